The highest BCUT2D eigenvalue weighted by Crippen LogP contribution is 2.28. The van der Waals surface area contributed by atoms with Crippen LogP contribution in [-0.2, 0) is 6.42 Å². The van der Waals surface area contributed by atoms with E-state index in [0.29, 0.717) is 6.04 Å². The summed E-state index contributed by atoms with van der Waals surface area (Å²) in [4.78, 5) is 2.88. The molecule has 16 heavy (non-hydrogen) atoms. The fraction of sp³-hybridized carbons (Fsp3) is 0.385. The average molecular weight is 251 g/mol. The Kier molecular flexibility index (Phi) is 3.79. The number of nitrogens with one attached hydrogen (secondary N) is 1. The number of hydrogen-bond acceptors (Lipinski definition) is 3. The van der Waals surface area contributed by atoms with Gasteiger partial charge in [-0.2, -0.15) is 11.3 Å². The quantitative estimate of drug-likeness (QED) is 0.868. The van der Waals surface area contributed by atoms with Crippen LogP contribution in [0.2, 0.25) is 0 Å². The van der Waals surface area contributed by atoms with Crippen molar-refractivity contribution < 1.29 is 0 Å². The maximum atomic E-state index is 3.41. The second kappa shape index (κ2) is 5.13. The Morgan fingerprint density at radius 2 is 2.19 bits per heavy atom. The van der Waals surface area contributed by atoms with Crippen LogP contribution < -0.4 is 5.32 Å². The molecule has 86 valence electrons. The lowest BCUT2D eigenvalue weighted by Gasteiger charge is -2.13. The minimum atomic E-state index is 0.451. The predicted molar refractivity (Wildman–Crippen MR) is 73.6 cm³/mol. The molecule has 1 N–H and O–H groups in total. The summed E-state index contributed by atoms with van der Waals surface area (Å²) in [5, 5.41) is 7.79. The van der Waals surface area contributed by atoms with Crippen LogP contribution in [0.1, 0.15) is 26.9 Å². The minimum absolute atomic E-state index is 0.451. The van der Waals surface area contributed by atoms with Gasteiger partial charge in [0.05, 0.1) is 0 Å². The highest BCUT2D eigenvalue weighted by Gasteiger charge is 2.13. The van der Waals surface area contributed by atoms with E-state index in [2.05, 4.69) is 42.1 Å². The molecule has 0 fully saturated rings. The fourth-order valence-electron chi connectivity index (χ4n) is 1.76. The van der Waals surface area contributed by atoms with Gasteiger partial charge in [0.25, 0.3) is 0 Å². The van der Waals surface area contributed by atoms with Gasteiger partial charge in [0.1, 0.15) is 0 Å². The molecular formula is C13H17NS2. The minimum Gasteiger partial charge on any atom is -0.312 e. The van der Waals surface area contributed by atoms with E-state index in [1.165, 1.54) is 20.9 Å². The zero-order valence-electron chi connectivity index (χ0n) is 9.91. The van der Waals surface area contributed by atoms with Crippen molar-refractivity contribution in [2.45, 2.75) is 26.3 Å². The number of aryl methyl sites for hydroxylation is 2. The molecule has 0 spiro atoms. The van der Waals surface area contributed by atoms with Crippen molar-refractivity contribution in [3.8, 4) is 0 Å². The predicted octanol–water partition coefficient (Wildman–Crippen LogP) is 3.93. The fourth-order valence-corrected chi connectivity index (χ4v) is 3.60. The molecule has 2 rings (SSSR count). The van der Waals surface area contributed by atoms with Crippen LogP contribution >= 0.6 is 22.7 Å². The van der Waals surface area contributed by atoms with Gasteiger partial charge < -0.3 is 5.32 Å². The summed E-state index contributed by atoms with van der Waals surface area (Å²) in [5.74, 6) is 0. The lowest BCUT2D eigenvalue weighted by molar-refractivity contribution is 0.603. The normalized spacial score (nSPS) is 12.9. The molecule has 1 unspecified atom stereocenters. The van der Waals surface area contributed by atoms with Gasteiger partial charge in [0.15, 0.2) is 0 Å². The molecule has 0 bridgehead atoms. The van der Waals surface area contributed by atoms with Crippen molar-refractivity contribution in [2.24, 2.45) is 0 Å². The first-order chi connectivity index (χ1) is 7.70. The third kappa shape index (κ3) is 2.54. The molecule has 1 atom stereocenters. The van der Waals surface area contributed by atoms with Crippen molar-refractivity contribution >= 4 is 22.7 Å². The molecule has 0 saturated heterocycles. The molecule has 0 saturated carbocycles. The molecule has 0 aromatic carbocycles. The van der Waals surface area contributed by atoms with Gasteiger partial charge in [-0.25, -0.2) is 0 Å². The van der Waals surface area contributed by atoms with E-state index in [9.17, 15) is 0 Å². The Hall–Kier alpha value is -0.640. The Bertz CT molecular complexity index is 423. The summed E-state index contributed by atoms with van der Waals surface area (Å²) >= 11 is 3.68. The summed E-state index contributed by atoms with van der Waals surface area (Å²) in [7, 11) is 2.04. The van der Waals surface area contributed by atoms with Gasteiger partial charge in [-0.1, -0.05) is 0 Å². The van der Waals surface area contributed by atoms with Crippen molar-refractivity contribution in [1.82, 2.24) is 5.32 Å². The molecule has 1 nitrogen and oxygen atoms in total. The molecule has 0 aliphatic carbocycles. The molecular weight excluding hydrogens is 234 g/mol. The SMILES string of the molecule is CNC(Cc1ccsc1)c1cc(C)c(C)s1. The van der Waals surface area contributed by atoms with Crippen LogP contribution in [0.5, 0.6) is 0 Å². The maximum Gasteiger partial charge on any atom is 0.0453 e. The smallest absolute Gasteiger partial charge is 0.0453 e. The molecule has 3 heteroatoms. The van der Waals surface area contributed by atoms with E-state index in [0.717, 1.165) is 6.42 Å². The van der Waals surface area contributed by atoms with E-state index in [1.807, 2.05) is 18.4 Å². The number of likely N-dealkylation sites (N-methyl/N-ethyl adjacent to an activating group) is 1. The molecule has 2 aromatic heterocycles. The largest absolute Gasteiger partial charge is 0.312 e. The molecule has 2 heterocycles. The first-order valence-corrected chi connectivity index (χ1v) is 7.22. The topological polar surface area (TPSA) is 12.0 Å². The monoisotopic (exact) mass is 251 g/mol. The van der Waals surface area contributed by atoms with Crippen LogP contribution in [0.15, 0.2) is 22.9 Å². The highest BCUT2D eigenvalue weighted by atomic mass is 32.1. The summed E-state index contributed by atoms with van der Waals surface area (Å²) < 4.78 is 0. The van der Waals surface area contributed by atoms with Gasteiger partial charge in [0, 0.05) is 15.8 Å². The first kappa shape index (κ1) is 11.8. The zero-order chi connectivity index (χ0) is 11.5. The second-order valence-electron chi connectivity index (χ2n) is 4.06. The lowest BCUT2D eigenvalue weighted by atomic mass is 10.1. The van der Waals surface area contributed by atoms with Gasteiger partial charge in [-0.05, 0) is 61.3 Å². The molecule has 0 radical (unpaired) electrons. The van der Waals surface area contributed by atoms with Gasteiger partial charge in [-0.15, -0.1) is 11.3 Å². The van der Waals surface area contributed by atoms with Crippen molar-refractivity contribution in [1.29, 1.82) is 0 Å². The molecule has 0 amide bonds. The van der Waals surface area contributed by atoms with E-state index in [-0.39, 0.29) is 0 Å². The van der Waals surface area contributed by atoms with Crippen molar-refractivity contribution in [3.63, 3.8) is 0 Å². The van der Waals surface area contributed by atoms with E-state index >= 15 is 0 Å². The van der Waals surface area contributed by atoms with Crippen LogP contribution in [0.3, 0.4) is 0 Å². The zero-order valence-corrected chi connectivity index (χ0v) is 11.5. The molecule has 2 aromatic rings. The second-order valence-corrected chi connectivity index (χ2v) is 6.13. The number of hydrogen-bond donors (Lipinski definition) is 1. The summed E-state index contributed by atoms with van der Waals surface area (Å²) in [5.41, 5.74) is 2.83. The average Bonchev–Trinajstić information content (AvgIpc) is 2.86. The van der Waals surface area contributed by atoms with Crippen LogP contribution in [0.4, 0.5) is 0 Å². The third-order valence-corrected chi connectivity index (χ3v) is 4.90. The Balaban J connectivity index is 2.16. The van der Waals surface area contributed by atoms with E-state index in [1.54, 1.807) is 11.3 Å². The van der Waals surface area contributed by atoms with Gasteiger partial charge >= 0.3 is 0 Å². The summed E-state index contributed by atoms with van der Waals surface area (Å²) in [6.07, 6.45) is 1.08. The highest BCUT2D eigenvalue weighted by molar-refractivity contribution is 7.12. The maximum absolute atomic E-state index is 3.41. The van der Waals surface area contributed by atoms with Crippen molar-refractivity contribution in [3.05, 3.63) is 43.8 Å². The lowest BCUT2D eigenvalue weighted by Crippen LogP contribution is -2.17. The molecule has 0 aliphatic heterocycles. The standard InChI is InChI=1S/C13H17NS2/c1-9-6-13(16-10(9)2)12(14-3)7-11-4-5-15-8-11/h4-6,8,12,14H,7H2,1-3H3. The summed E-state index contributed by atoms with van der Waals surface area (Å²) in [6.45, 7) is 4.38. The van der Waals surface area contributed by atoms with Crippen LogP contribution in [0.25, 0.3) is 0 Å². The van der Waals surface area contributed by atoms with E-state index < -0.39 is 0 Å². The van der Waals surface area contributed by atoms with Crippen LogP contribution in [0, 0.1) is 13.8 Å². The first-order valence-electron chi connectivity index (χ1n) is 5.46. The number of thiophene rings is 2. The molecule has 0 aliphatic rings. The van der Waals surface area contributed by atoms with Gasteiger partial charge in [-0.3, -0.25) is 0 Å². The third-order valence-electron chi connectivity index (χ3n) is 2.90. The Labute approximate surface area is 105 Å². The van der Waals surface area contributed by atoms with Gasteiger partial charge in [0.2, 0.25) is 0 Å². The Morgan fingerprint density at radius 1 is 1.38 bits per heavy atom. The number of rotatable bonds is 4. The van der Waals surface area contributed by atoms with Crippen LogP contribution in [-0.4, -0.2) is 7.05 Å². The van der Waals surface area contributed by atoms with E-state index in [4.69, 9.17) is 0 Å². The van der Waals surface area contributed by atoms with Crippen molar-refractivity contribution in [2.75, 3.05) is 7.05 Å². The Morgan fingerprint density at radius 3 is 2.69 bits per heavy atom. The summed E-state index contributed by atoms with van der Waals surface area (Å²) in [6, 6.07) is 4.97.